The standard InChI is InChI=1S/C16H20N4O2/c21-16(10-14-12-22-9-7-17-14)18-11-13-2-4-15(5-3-13)20-8-1-6-19-20/h1-6,8,14,17H,7,9-12H2,(H,18,21). The van der Waals surface area contributed by atoms with Gasteiger partial charge in [0.15, 0.2) is 0 Å². The summed E-state index contributed by atoms with van der Waals surface area (Å²) in [5.41, 5.74) is 2.07. The van der Waals surface area contributed by atoms with E-state index in [-0.39, 0.29) is 11.9 Å². The molecule has 2 aromatic rings. The van der Waals surface area contributed by atoms with Crippen LogP contribution < -0.4 is 10.6 Å². The highest BCUT2D eigenvalue weighted by molar-refractivity contribution is 5.76. The Bertz CT molecular complexity index is 589. The molecule has 0 aliphatic carbocycles. The van der Waals surface area contributed by atoms with Crippen LogP contribution in [0.15, 0.2) is 42.7 Å². The zero-order chi connectivity index (χ0) is 15.2. The molecular formula is C16H20N4O2. The van der Waals surface area contributed by atoms with Crippen LogP contribution in [0.25, 0.3) is 5.69 Å². The predicted octanol–water partition coefficient (Wildman–Crippen LogP) is 0.867. The first-order valence-corrected chi connectivity index (χ1v) is 7.48. The van der Waals surface area contributed by atoms with E-state index in [1.807, 2.05) is 36.5 Å². The lowest BCUT2D eigenvalue weighted by Gasteiger charge is -2.23. The van der Waals surface area contributed by atoms with Gasteiger partial charge in [0, 0.05) is 37.9 Å². The topological polar surface area (TPSA) is 68.2 Å². The third-order valence-corrected chi connectivity index (χ3v) is 3.63. The van der Waals surface area contributed by atoms with Crippen LogP contribution in [0.5, 0.6) is 0 Å². The second-order valence-electron chi connectivity index (χ2n) is 5.32. The molecule has 6 nitrogen and oxygen atoms in total. The molecule has 116 valence electrons. The molecule has 0 radical (unpaired) electrons. The van der Waals surface area contributed by atoms with Crippen molar-refractivity contribution in [3.8, 4) is 5.69 Å². The van der Waals surface area contributed by atoms with Gasteiger partial charge in [-0.2, -0.15) is 5.10 Å². The van der Waals surface area contributed by atoms with E-state index in [1.54, 1.807) is 10.9 Å². The average Bonchev–Trinajstić information content (AvgIpc) is 3.09. The molecule has 1 aromatic carbocycles. The minimum absolute atomic E-state index is 0.0409. The second-order valence-corrected chi connectivity index (χ2v) is 5.32. The zero-order valence-corrected chi connectivity index (χ0v) is 12.4. The Hall–Kier alpha value is -2.18. The number of nitrogens with zero attached hydrogens (tertiary/aromatic N) is 2. The minimum Gasteiger partial charge on any atom is -0.378 e. The molecule has 1 fully saturated rings. The maximum absolute atomic E-state index is 11.9. The van der Waals surface area contributed by atoms with Gasteiger partial charge in [-0.1, -0.05) is 12.1 Å². The smallest absolute Gasteiger partial charge is 0.221 e. The highest BCUT2D eigenvalue weighted by Crippen LogP contribution is 2.08. The molecule has 2 N–H and O–H groups in total. The van der Waals surface area contributed by atoms with E-state index in [9.17, 15) is 4.79 Å². The number of hydrogen-bond donors (Lipinski definition) is 2. The first-order valence-electron chi connectivity index (χ1n) is 7.48. The fraction of sp³-hybridized carbons (Fsp3) is 0.375. The third kappa shape index (κ3) is 3.93. The van der Waals surface area contributed by atoms with Gasteiger partial charge >= 0.3 is 0 Å². The molecule has 1 unspecified atom stereocenters. The number of rotatable bonds is 5. The van der Waals surface area contributed by atoms with Crippen molar-refractivity contribution < 1.29 is 9.53 Å². The van der Waals surface area contributed by atoms with Crippen molar-refractivity contribution in [3.05, 3.63) is 48.3 Å². The minimum atomic E-state index is 0.0409. The van der Waals surface area contributed by atoms with Crippen molar-refractivity contribution in [3.63, 3.8) is 0 Å². The van der Waals surface area contributed by atoms with E-state index >= 15 is 0 Å². The number of carbonyl (C=O) groups excluding carboxylic acids is 1. The van der Waals surface area contributed by atoms with Crippen molar-refractivity contribution in [2.45, 2.75) is 19.0 Å². The van der Waals surface area contributed by atoms with Crippen LogP contribution in [0.3, 0.4) is 0 Å². The highest BCUT2D eigenvalue weighted by atomic mass is 16.5. The summed E-state index contributed by atoms with van der Waals surface area (Å²) in [6.45, 7) is 2.67. The Labute approximate surface area is 129 Å². The molecule has 1 saturated heterocycles. The van der Waals surface area contributed by atoms with Crippen molar-refractivity contribution in [2.24, 2.45) is 0 Å². The molecule has 0 bridgehead atoms. The molecule has 0 saturated carbocycles. The monoisotopic (exact) mass is 300 g/mol. The normalized spacial score (nSPS) is 18.1. The van der Waals surface area contributed by atoms with E-state index in [1.165, 1.54) is 0 Å². The first-order chi connectivity index (χ1) is 10.8. The Morgan fingerprint density at radius 2 is 2.27 bits per heavy atom. The Balaban J connectivity index is 1.47. The maximum atomic E-state index is 11.9. The Kier molecular flexibility index (Phi) is 4.82. The van der Waals surface area contributed by atoms with Gasteiger partial charge < -0.3 is 15.4 Å². The number of ether oxygens (including phenoxy) is 1. The molecule has 2 heterocycles. The van der Waals surface area contributed by atoms with Gasteiger partial charge in [-0.3, -0.25) is 4.79 Å². The summed E-state index contributed by atoms with van der Waals surface area (Å²) >= 11 is 0. The molecule has 1 atom stereocenters. The molecule has 3 rings (SSSR count). The van der Waals surface area contributed by atoms with Gasteiger partial charge in [0.05, 0.1) is 18.9 Å². The number of carbonyl (C=O) groups is 1. The molecule has 1 aromatic heterocycles. The van der Waals surface area contributed by atoms with Gasteiger partial charge in [-0.25, -0.2) is 4.68 Å². The van der Waals surface area contributed by atoms with Crippen LogP contribution >= 0.6 is 0 Å². The summed E-state index contributed by atoms with van der Waals surface area (Å²) in [6.07, 6.45) is 4.10. The summed E-state index contributed by atoms with van der Waals surface area (Å²) in [7, 11) is 0. The van der Waals surface area contributed by atoms with Crippen molar-refractivity contribution in [1.82, 2.24) is 20.4 Å². The van der Waals surface area contributed by atoms with Gasteiger partial charge in [-0.15, -0.1) is 0 Å². The van der Waals surface area contributed by atoms with Gasteiger partial charge in [-0.05, 0) is 23.8 Å². The molecule has 1 aliphatic heterocycles. The Morgan fingerprint density at radius 1 is 1.41 bits per heavy atom. The third-order valence-electron chi connectivity index (χ3n) is 3.63. The molecule has 1 aliphatic rings. The quantitative estimate of drug-likeness (QED) is 0.860. The van der Waals surface area contributed by atoms with E-state index < -0.39 is 0 Å². The fourth-order valence-corrected chi connectivity index (χ4v) is 2.44. The average molecular weight is 300 g/mol. The lowest BCUT2D eigenvalue weighted by atomic mass is 10.1. The van der Waals surface area contributed by atoms with Gasteiger partial charge in [0.2, 0.25) is 5.91 Å². The molecule has 6 heteroatoms. The highest BCUT2D eigenvalue weighted by Gasteiger charge is 2.16. The number of nitrogens with one attached hydrogen (secondary N) is 2. The van der Waals surface area contributed by atoms with Crippen LogP contribution in [-0.2, 0) is 16.1 Å². The van der Waals surface area contributed by atoms with Crippen LogP contribution in [0.1, 0.15) is 12.0 Å². The van der Waals surface area contributed by atoms with Gasteiger partial charge in [0.1, 0.15) is 0 Å². The first kappa shape index (κ1) is 14.7. The van der Waals surface area contributed by atoms with Crippen molar-refractivity contribution in [1.29, 1.82) is 0 Å². The van der Waals surface area contributed by atoms with Crippen LogP contribution in [0, 0.1) is 0 Å². The van der Waals surface area contributed by atoms with Gasteiger partial charge in [0.25, 0.3) is 0 Å². The number of aromatic nitrogens is 2. The lowest BCUT2D eigenvalue weighted by molar-refractivity contribution is -0.122. The number of benzene rings is 1. The Morgan fingerprint density at radius 3 is 2.95 bits per heavy atom. The van der Waals surface area contributed by atoms with Crippen LogP contribution in [-0.4, -0.2) is 41.5 Å². The van der Waals surface area contributed by atoms with E-state index in [4.69, 9.17) is 4.74 Å². The summed E-state index contributed by atoms with van der Waals surface area (Å²) < 4.78 is 7.15. The summed E-state index contributed by atoms with van der Waals surface area (Å²) in [5.74, 6) is 0.0409. The van der Waals surface area contributed by atoms with Crippen LogP contribution in [0.2, 0.25) is 0 Å². The maximum Gasteiger partial charge on any atom is 0.221 e. The van der Waals surface area contributed by atoms with E-state index in [0.29, 0.717) is 19.6 Å². The molecule has 22 heavy (non-hydrogen) atoms. The zero-order valence-electron chi connectivity index (χ0n) is 12.4. The molecule has 0 spiro atoms. The lowest BCUT2D eigenvalue weighted by Crippen LogP contribution is -2.44. The van der Waals surface area contributed by atoms with Crippen molar-refractivity contribution >= 4 is 5.91 Å². The summed E-state index contributed by atoms with van der Waals surface area (Å²) in [5, 5.41) is 10.4. The van der Waals surface area contributed by atoms with E-state index in [0.717, 1.165) is 24.4 Å². The fourth-order valence-electron chi connectivity index (χ4n) is 2.44. The number of morpholine rings is 1. The molecular weight excluding hydrogens is 280 g/mol. The largest absolute Gasteiger partial charge is 0.378 e. The summed E-state index contributed by atoms with van der Waals surface area (Å²) in [6, 6.07) is 9.99. The van der Waals surface area contributed by atoms with Crippen molar-refractivity contribution in [2.75, 3.05) is 19.8 Å². The number of hydrogen-bond acceptors (Lipinski definition) is 4. The predicted molar refractivity (Wildman–Crippen MR) is 82.6 cm³/mol. The van der Waals surface area contributed by atoms with E-state index in [2.05, 4.69) is 15.7 Å². The molecule has 1 amide bonds. The summed E-state index contributed by atoms with van der Waals surface area (Å²) in [4.78, 5) is 11.9. The SMILES string of the molecule is O=C(CC1COCCN1)NCc1ccc(-n2cccn2)cc1. The number of amides is 1. The van der Waals surface area contributed by atoms with Crippen LogP contribution in [0.4, 0.5) is 0 Å². The second kappa shape index (κ2) is 7.20.